The molecule has 2 aromatic rings. The van der Waals surface area contributed by atoms with Gasteiger partial charge in [-0.05, 0) is 52.3 Å². The average Bonchev–Trinajstić information content (AvgIpc) is 2.37. The average molecular weight is 347 g/mol. The van der Waals surface area contributed by atoms with Crippen LogP contribution in [0.15, 0.2) is 40.9 Å². The Balaban J connectivity index is 2.20. The van der Waals surface area contributed by atoms with Crippen LogP contribution in [0.5, 0.6) is 0 Å². The number of carbonyl (C=O) groups excluding carboxylic acids is 1. The normalized spacial score (nSPS) is 10.3. The molecule has 0 radical (unpaired) electrons. The van der Waals surface area contributed by atoms with Gasteiger partial charge in [-0.25, -0.2) is 8.78 Å². The molecule has 2 rings (SSSR count). The van der Waals surface area contributed by atoms with Crippen molar-refractivity contribution in [1.82, 2.24) is 0 Å². The molecule has 2 nitrogen and oxygen atoms in total. The van der Waals surface area contributed by atoms with Gasteiger partial charge >= 0.3 is 0 Å². The van der Waals surface area contributed by atoms with E-state index in [1.165, 1.54) is 24.3 Å². The van der Waals surface area contributed by atoms with Crippen molar-refractivity contribution in [3.63, 3.8) is 0 Å². The van der Waals surface area contributed by atoms with Gasteiger partial charge in [0.1, 0.15) is 11.6 Å². The van der Waals surface area contributed by atoms with Crippen molar-refractivity contribution in [2.45, 2.75) is 0 Å². The first-order valence-electron chi connectivity index (χ1n) is 5.19. The zero-order valence-corrected chi connectivity index (χ0v) is 11.7. The van der Waals surface area contributed by atoms with Crippen LogP contribution < -0.4 is 5.32 Å². The molecule has 0 fully saturated rings. The number of halogens is 4. The quantitative estimate of drug-likeness (QED) is 0.844. The van der Waals surface area contributed by atoms with E-state index in [1.807, 2.05) is 0 Å². The van der Waals surface area contributed by atoms with Crippen LogP contribution in [-0.4, -0.2) is 5.91 Å². The van der Waals surface area contributed by atoms with Gasteiger partial charge < -0.3 is 5.32 Å². The summed E-state index contributed by atoms with van der Waals surface area (Å²) in [5.74, 6) is -1.62. The summed E-state index contributed by atoms with van der Waals surface area (Å²) < 4.78 is 26.5. The Morgan fingerprint density at radius 2 is 1.84 bits per heavy atom. The van der Waals surface area contributed by atoms with E-state index in [0.717, 1.165) is 12.1 Å². The summed E-state index contributed by atoms with van der Waals surface area (Å²) in [6, 6.07) is 7.79. The van der Waals surface area contributed by atoms with Gasteiger partial charge in [0, 0.05) is 11.3 Å². The molecule has 6 heteroatoms. The fourth-order valence-electron chi connectivity index (χ4n) is 1.41. The van der Waals surface area contributed by atoms with Crippen LogP contribution in [0, 0.1) is 11.6 Å². The van der Waals surface area contributed by atoms with Crippen molar-refractivity contribution in [2.24, 2.45) is 0 Å². The van der Waals surface area contributed by atoms with E-state index in [-0.39, 0.29) is 15.1 Å². The highest BCUT2D eigenvalue weighted by molar-refractivity contribution is 9.10. The number of rotatable bonds is 2. The largest absolute Gasteiger partial charge is 0.322 e. The van der Waals surface area contributed by atoms with E-state index in [4.69, 9.17) is 11.6 Å². The minimum atomic E-state index is -0.575. The summed E-state index contributed by atoms with van der Waals surface area (Å²) >= 11 is 8.59. The first-order valence-corrected chi connectivity index (χ1v) is 6.36. The Morgan fingerprint density at radius 1 is 1.11 bits per heavy atom. The predicted octanol–water partition coefficient (Wildman–Crippen LogP) is 4.63. The lowest BCUT2D eigenvalue weighted by Crippen LogP contribution is -2.12. The van der Waals surface area contributed by atoms with E-state index in [1.54, 1.807) is 0 Å². The Kier molecular flexibility index (Phi) is 4.17. The van der Waals surface area contributed by atoms with E-state index in [2.05, 4.69) is 21.2 Å². The lowest BCUT2D eigenvalue weighted by molar-refractivity contribution is 0.102. The van der Waals surface area contributed by atoms with Crippen molar-refractivity contribution >= 4 is 39.1 Å². The SMILES string of the molecule is O=C(Nc1ccc(F)c(Cl)c1)c1ccc(Br)c(F)c1. The van der Waals surface area contributed by atoms with Crippen molar-refractivity contribution in [2.75, 3.05) is 5.32 Å². The molecule has 0 atom stereocenters. The summed E-state index contributed by atoms with van der Waals surface area (Å²) in [7, 11) is 0. The standard InChI is InChI=1S/C13H7BrClF2NO/c14-9-3-1-7(5-12(9)17)13(19)18-8-2-4-11(16)10(15)6-8/h1-6H,(H,18,19). The summed E-state index contributed by atoms with van der Waals surface area (Å²) in [6.07, 6.45) is 0. The summed E-state index contributed by atoms with van der Waals surface area (Å²) in [5.41, 5.74) is 0.487. The highest BCUT2D eigenvalue weighted by atomic mass is 79.9. The van der Waals surface area contributed by atoms with Crippen molar-refractivity contribution in [3.05, 3.63) is 63.1 Å². The number of nitrogens with one attached hydrogen (secondary N) is 1. The van der Waals surface area contributed by atoms with Crippen LogP contribution in [0.25, 0.3) is 0 Å². The van der Waals surface area contributed by atoms with Crippen LogP contribution >= 0.6 is 27.5 Å². The second-order valence-corrected chi connectivity index (χ2v) is 4.97. The van der Waals surface area contributed by atoms with Crippen LogP contribution in [0.4, 0.5) is 14.5 Å². The number of carbonyl (C=O) groups is 1. The third-order valence-corrected chi connectivity index (χ3v) is 3.29. The van der Waals surface area contributed by atoms with Gasteiger partial charge in [0.25, 0.3) is 5.91 Å². The molecule has 98 valence electrons. The number of amides is 1. The van der Waals surface area contributed by atoms with Gasteiger partial charge in [-0.2, -0.15) is 0 Å². The fraction of sp³-hybridized carbons (Fsp3) is 0. The molecule has 0 saturated heterocycles. The van der Waals surface area contributed by atoms with Crippen molar-refractivity contribution in [1.29, 1.82) is 0 Å². The maximum Gasteiger partial charge on any atom is 0.255 e. The van der Waals surface area contributed by atoms with Gasteiger partial charge in [-0.15, -0.1) is 0 Å². The summed E-state index contributed by atoms with van der Waals surface area (Å²) in [4.78, 5) is 11.8. The minimum Gasteiger partial charge on any atom is -0.322 e. The molecule has 1 amide bonds. The molecule has 0 saturated carbocycles. The Labute approximate surface area is 121 Å². The third kappa shape index (κ3) is 3.30. The van der Waals surface area contributed by atoms with E-state index in [0.29, 0.717) is 5.69 Å². The Hall–Kier alpha value is -1.46. The van der Waals surface area contributed by atoms with Crippen molar-refractivity contribution < 1.29 is 13.6 Å². The molecular formula is C13H7BrClF2NO. The highest BCUT2D eigenvalue weighted by Crippen LogP contribution is 2.21. The number of anilines is 1. The topological polar surface area (TPSA) is 29.1 Å². The van der Waals surface area contributed by atoms with Gasteiger partial charge in [0.2, 0.25) is 0 Å². The summed E-state index contributed by atoms with van der Waals surface area (Å²) in [6.45, 7) is 0. The molecule has 0 heterocycles. The molecule has 0 unspecified atom stereocenters. The molecule has 19 heavy (non-hydrogen) atoms. The maximum atomic E-state index is 13.3. The Morgan fingerprint density at radius 3 is 2.47 bits per heavy atom. The van der Waals surface area contributed by atoms with Crippen LogP contribution in [-0.2, 0) is 0 Å². The smallest absolute Gasteiger partial charge is 0.255 e. The lowest BCUT2D eigenvalue weighted by atomic mass is 10.2. The molecule has 1 N–H and O–H groups in total. The molecular weight excluding hydrogens is 340 g/mol. The maximum absolute atomic E-state index is 13.3. The van der Waals surface area contributed by atoms with Gasteiger partial charge in [0.05, 0.1) is 9.50 Å². The molecule has 0 aromatic heterocycles. The first-order chi connectivity index (χ1) is 8.97. The second-order valence-electron chi connectivity index (χ2n) is 3.71. The number of hydrogen-bond acceptors (Lipinski definition) is 1. The van der Waals surface area contributed by atoms with Gasteiger partial charge in [0.15, 0.2) is 0 Å². The monoisotopic (exact) mass is 345 g/mol. The van der Waals surface area contributed by atoms with Crippen LogP contribution in [0.3, 0.4) is 0 Å². The molecule has 0 aliphatic heterocycles. The lowest BCUT2D eigenvalue weighted by Gasteiger charge is -2.06. The highest BCUT2D eigenvalue weighted by Gasteiger charge is 2.10. The van der Waals surface area contributed by atoms with E-state index < -0.39 is 17.5 Å². The molecule has 0 aliphatic rings. The van der Waals surface area contributed by atoms with Gasteiger partial charge in [-0.3, -0.25) is 4.79 Å². The van der Waals surface area contributed by atoms with Crippen LogP contribution in [0.1, 0.15) is 10.4 Å². The van der Waals surface area contributed by atoms with E-state index >= 15 is 0 Å². The number of benzene rings is 2. The predicted molar refractivity (Wildman–Crippen MR) is 73.5 cm³/mol. The minimum absolute atomic E-state index is 0.0974. The first kappa shape index (κ1) is 14.0. The zero-order valence-electron chi connectivity index (χ0n) is 9.38. The molecule has 0 aliphatic carbocycles. The number of hydrogen-bond donors (Lipinski definition) is 1. The zero-order chi connectivity index (χ0) is 14.0. The van der Waals surface area contributed by atoms with Crippen molar-refractivity contribution in [3.8, 4) is 0 Å². The molecule has 0 bridgehead atoms. The van der Waals surface area contributed by atoms with Gasteiger partial charge in [-0.1, -0.05) is 11.6 Å². The van der Waals surface area contributed by atoms with E-state index in [9.17, 15) is 13.6 Å². The molecule has 2 aromatic carbocycles. The molecule has 0 spiro atoms. The second kappa shape index (κ2) is 5.67. The third-order valence-electron chi connectivity index (χ3n) is 2.36. The Bertz CT molecular complexity index is 649. The van der Waals surface area contributed by atoms with Crippen LogP contribution in [0.2, 0.25) is 5.02 Å². The fourth-order valence-corrected chi connectivity index (χ4v) is 1.84. The summed E-state index contributed by atoms with van der Waals surface area (Å²) in [5, 5.41) is 2.40.